The third-order valence-electron chi connectivity index (χ3n) is 2.66. The van der Waals surface area contributed by atoms with Crippen LogP contribution in [0.2, 0.25) is 5.02 Å². The van der Waals surface area contributed by atoms with Gasteiger partial charge in [0.25, 0.3) is 0 Å². The molecule has 1 aromatic carbocycles. The molecule has 0 unspecified atom stereocenters. The predicted molar refractivity (Wildman–Crippen MR) is 51.2 cm³/mol. The van der Waals surface area contributed by atoms with E-state index in [4.69, 9.17) is 17.3 Å². The molecule has 0 radical (unpaired) electrons. The molecule has 64 valence electrons. The van der Waals surface area contributed by atoms with Crippen molar-refractivity contribution in [3.63, 3.8) is 0 Å². The van der Waals surface area contributed by atoms with Crippen molar-refractivity contribution in [1.82, 2.24) is 0 Å². The number of halogens is 1. The zero-order chi connectivity index (χ0) is 8.60. The number of rotatable bonds is 1. The second-order valence-electron chi connectivity index (χ2n) is 3.49. The van der Waals surface area contributed by atoms with Crippen molar-refractivity contribution >= 4 is 11.6 Å². The highest BCUT2D eigenvalue weighted by Gasteiger charge is 2.35. The van der Waals surface area contributed by atoms with Gasteiger partial charge < -0.3 is 5.73 Å². The Labute approximate surface area is 77.5 Å². The summed E-state index contributed by atoms with van der Waals surface area (Å²) in [6.07, 6.45) is 3.36. The molecule has 2 heteroatoms. The summed E-state index contributed by atoms with van der Waals surface area (Å²) in [6.45, 7) is 0. The smallest absolute Gasteiger partial charge is 0.0456 e. The molecule has 0 bridgehead atoms. The van der Waals surface area contributed by atoms with Crippen LogP contribution in [0.4, 0.5) is 0 Å². The van der Waals surface area contributed by atoms with E-state index in [-0.39, 0.29) is 5.54 Å². The first-order valence-electron chi connectivity index (χ1n) is 4.26. The van der Waals surface area contributed by atoms with Gasteiger partial charge in [-0.1, -0.05) is 29.8 Å². The SMILES string of the molecule is NC1(c2ccccc2Cl)CCC1. The van der Waals surface area contributed by atoms with Crippen LogP contribution >= 0.6 is 11.6 Å². The zero-order valence-electron chi connectivity index (χ0n) is 6.89. The van der Waals surface area contributed by atoms with E-state index in [0.717, 1.165) is 23.4 Å². The van der Waals surface area contributed by atoms with Crippen molar-refractivity contribution in [3.05, 3.63) is 34.9 Å². The minimum atomic E-state index is -0.127. The molecule has 1 aliphatic carbocycles. The lowest BCUT2D eigenvalue weighted by molar-refractivity contribution is 0.254. The first-order chi connectivity index (χ1) is 5.72. The largest absolute Gasteiger partial charge is 0.321 e. The number of benzene rings is 1. The first kappa shape index (κ1) is 8.09. The molecule has 2 rings (SSSR count). The van der Waals surface area contributed by atoms with E-state index in [9.17, 15) is 0 Å². The van der Waals surface area contributed by atoms with Gasteiger partial charge in [0.05, 0.1) is 0 Å². The summed E-state index contributed by atoms with van der Waals surface area (Å²) < 4.78 is 0. The molecule has 0 spiro atoms. The van der Waals surface area contributed by atoms with Gasteiger partial charge >= 0.3 is 0 Å². The van der Waals surface area contributed by atoms with Gasteiger partial charge in [-0.05, 0) is 30.9 Å². The summed E-state index contributed by atoms with van der Waals surface area (Å²) >= 11 is 6.04. The maximum atomic E-state index is 6.14. The molecule has 0 amide bonds. The van der Waals surface area contributed by atoms with Crippen LogP contribution in [0.25, 0.3) is 0 Å². The van der Waals surface area contributed by atoms with E-state index in [2.05, 4.69) is 0 Å². The average Bonchev–Trinajstić information content (AvgIpc) is 2.01. The van der Waals surface area contributed by atoms with E-state index in [0.29, 0.717) is 0 Å². The number of hydrogen-bond acceptors (Lipinski definition) is 1. The van der Waals surface area contributed by atoms with Crippen molar-refractivity contribution < 1.29 is 0 Å². The molecule has 0 atom stereocenters. The molecular formula is C10H12ClN. The fraction of sp³-hybridized carbons (Fsp3) is 0.400. The van der Waals surface area contributed by atoms with Gasteiger partial charge in [-0.15, -0.1) is 0 Å². The van der Waals surface area contributed by atoms with Crippen LogP contribution in [0.1, 0.15) is 24.8 Å². The van der Waals surface area contributed by atoms with Gasteiger partial charge in [0.2, 0.25) is 0 Å². The summed E-state index contributed by atoms with van der Waals surface area (Å²) in [5.74, 6) is 0. The van der Waals surface area contributed by atoms with Crippen molar-refractivity contribution in [2.24, 2.45) is 5.73 Å². The highest BCUT2D eigenvalue weighted by atomic mass is 35.5. The summed E-state index contributed by atoms with van der Waals surface area (Å²) in [6, 6.07) is 7.87. The summed E-state index contributed by atoms with van der Waals surface area (Å²) in [7, 11) is 0. The molecule has 0 saturated heterocycles. The van der Waals surface area contributed by atoms with E-state index >= 15 is 0 Å². The normalized spacial score (nSPS) is 20.2. The topological polar surface area (TPSA) is 26.0 Å². The van der Waals surface area contributed by atoms with Crippen LogP contribution in [0, 0.1) is 0 Å². The van der Waals surface area contributed by atoms with Gasteiger partial charge in [-0.3, -0.25) is 0 Å². The van der Waals surface area contributed by atoms with Crippen LogP contribution in [-0.2, 0) is 5.54 Å². The molecule has 1 fully saturated rings. The molecular weight excluding hydrogens is 170 g/mol. The zero-order valence-corrected chi connectivity index (χ0v) is 7.64. The lowest BCUT2D eigenvalue weighted by Crippen LogP contribution is -2.43. The fourth-order valence-electron chi connectivity index (χ4n) is 1.69. The Balaban J connectivity index is 2.39. The Morgan fingerprint density at radius 1 is 1.25 bits per heavy atom. The van der Waals surface area contributed by atoms with Gasteiger partial charge in [-0.2, -0.15) is 0 Å². The molecule has 1 saturated carbocycles. The Morgan fingerprint density at radius 3 is 2.42 bits per heavy atom. The van der Waals surface area contributed by atoms with Crippen molar-refractivity contribution in [2.75, 3.05) is 0 Å². The molecule has 0 aromatic heterocycles. The van der Waals surface area contributed by atoms with Gasteiger partial charge in [-0.25, -0.2) is 0 Å². The van der Waals surface area contributed by atoms with E-state index in [1.54, 1.807) is 0 Å². The lowest BCUT2D eigenvalue weighted by Gasteiger charge is -2.39. The molecule has 1 aromatic rings. The monoisotopic (exact) mass is 181 g/mol. The molecule has 1 aliphatic rings. The third kappa shape index (κ3) is 1.13. The summed E-state index contributed by atoms with van der Waals surface area (Å²) in [5, 5.41) is 0.805. The van der Waals surface area contributed by atoms with Gasteiger partial charge in [0, 0.05) is 10.6 Å². The van der Waals surface area contributed by atoms with Crippen molar-refractivity contribution in [3.8, 4) is 0 Å². The van der Waals surface area contributed by atoms with E-state index in [1.807, 2.05) is 24.3 Å². The average molecular weight is 182 g/mol. The van der Waals surface area contributed by atoms with Crippen LogP contribution in [0.5, 0.6) is 0 Å². The maximum Gasteiger partial charge on any atom is 0.0456 e. The lowest BCUT2D eigenvalue weighted by atomic mass is 9.73. The van der Waals surface area contributed by atoms with Gasteiger partial charge in [0.1, 0.15) is 0 Å². The van der Waals surface area contributed by atoms with Crippen LogP contribution in [0.15, 0.2) is 24.3 Å². The summed E-state index contributed by atoms with van der Waals surface area (Å²) in [5.41, 5.74) is 7.12. The van der Waals surface area contributed by atoms with Crippen molar-refractivity contribution in [2.45, 2.75) is 24.8 Å². The maximum absolute atomic E-state index is 6.14. The Morgan fingerprint density at radius 2 is 1.92 bits per heavy atom. The van der Waals surface area contributed by atoms with Crippen LogP contribution < -0.4 is 5.73 Å². The minimum Gasteiger partial charge on any atom is -0.321 e. The standard InChI is InChI=1S/C10H12ClN/c11-9-5-2-1-4-8(9)10(12)6-3-7-10/h1-2,4-5H,3,6-7,12H2. The van der Waals surface area contributed by atoms with Crippen LogP contribution in [-0.4, -0.2) is 0 Å². The molecule has 0 heterocycles. The first-order valence-corrected chi connectivity index (χ1v) is 4.64. The summed E-state index contributed by atoms with van der Waals surface area (Å²) in [4.78, 5) is 0. The number of nitrogens with two attached hydrogens (primary N) is 1. The fourth-order valence-corrected chi connectivity index (χ4v) is 2.02. The van der Waals surface area contributed by atoms with E-state index in [1.165, 1.54) is 6.42 Å². The predicted octanol–water partition coefficient (Wildman–Crippen LogP) is 2.68. The molecule has 2 N–H and O–H groups in total. The minimum absolute atomic E-state index is 0.127. The van der Waals surface area contributed by atoms with Crippen LogP contribution in [0.3, 0.4) is 0 Å². The quantitative estimate of drug-likeness (QED) is 0.709. The molecule has 12 heavy (non-hydrogen) atoms. The third-order valence-corrected chi connectivity index (χ3v) is 2.99. The Kier molecular flexibility index (Phi) is 1.85. The van der Waals surface area contributed by atoms with Gasteiger partial charge in [0.15, 0.2) is 0 Å². The van der Waals surface area contributed by atoms with Crippen molar-refractivity contribution in [1.29, 1.82) is 0 Å². The molecule has 0 aliphatic heterocycles. The Bertz CT molecular complexity index is 292. The second-order valence-corrected chi connectivity index (χ2v) is 3.90. The highest BCUT2D eigenvalue weighted by Crippen LogP contribution is 2.41. The second kappa shape index (κ2) is 2.75. The number of hydrogen-bond donors (Lipinski definition) is 1. The van der Waals surface area contributed by atoms with E-state index < -0.39 is 0 Å². The Hall–Kier alpha value is -0.530. The highest BCUT2D eigenvalue weighted by molar-refractivity contribution is 6.31. The molecule has 1 nitrogen and oxygen atoms in total.